The topological polar surface area (TPSA) is 54.0 Å². The van der Waals surface area contributed by atoms with Gasteiger partial charge in [-0.25, -0.2) is 0 Å². The van der Waals surface area contributed by atoms with E-state index in [4.69, 9.17) is 0 Å². The average Bonchev–Trinajstić information content (AvgIpc) is 2.52. The summed E-state index contributed by atoms with van der Waals surface area (Å²) < 4.78 is 0.983. The fourth-order valence-electron chi connectivity index (χ4n) is 1.84. The normalized spacial score (nSPS) is 10.2. The van der Waals surface area contributed by atoms with Crippen LogP contribution in [0.3, 0.4) is 0 Å². The lowest BCUT2D eigenvalue weighted by molar-refractivity contribution is 0.0946. The molecule has 0 saturated carbocycles. The van der Waals surface area contributed by atoms with Gasteiger partial charge in [-0.2, -0.15) is 0 Å². The van der Waals surface area contributed by atoms with Crippen molar-refractivity contribution in [2.24, 2.45) is 0 Å². The number of aromatic nitrogens is 1. The number of carbonyl (C=O) groups is 1. The van der Waals surface area contributed by atoms with Crippen molar-refractivity contribution in [3.05, 3.63) is 58.3 Å². The summed E-state index contributed by atoms with van der Waals surface area (Å²) in [6.45, 7) is 3.44. The zero-order chi connectivity index (χ0) is 15.1. The molecule has 1 aromatic carbocycles. The number of nitrogens with one attached hydrogen (secondary N) is 2. The lowest BCUT2D eigenvalue weighted by atomic mass is 10.2. The molecule has 0 unspecified atom stereocenters. The van der Waals surface area contributed by atoms with Crippen molar-refractivity contribution in [1.29, 1.82) is 0 Å². The molecule has 0 saturated heterocycles. The van der Waals surface area contributed by atoms with Gasteiger partial charge in [-0.3, -0.25) is 9.78 Å². The second-order valence-corrected chi connectivity index (χ2v) is 5.48. The molecule has 0 spiro atoms. The van der Waals surface area contributed by atoms with Crippen LogP contribution in [0.25, 0.3) is 0 Å². The van der Waals surface area contributed by atoms with Gasteiger partial charge in [0.1, 0.15) is 5.69 Å². The van der Waals surface area contributed by atoms with Crippen LogP contribution in [0.15, 0.2) is 47.1 Å². The molecule has 0 atom stereocenters. The second-order valence-electron chi connectivity index (χ2n) is 4.63. The van der Waals surface area contributed by atoms with Crippen LogP contribution in [0.2, 0.25) is 0 Å². The number of nitrogens with zero attached hydrogens (tertiary/aromatic N) is 1. The molecule has 110 valence electrons. The van der Waals surface area contributed by atoms with Gasteiger partial charge in [-0.15, -0.1) is 0 Å². The third kappa shape index (κ3) is 4.56. The molecule has 0 aliphatic heterocycles. The molecule has 0 bridgehead atoms. The SMILES string of the molecule is CCCNc1ccnc(C(=O)NCc2ccccc2Br)c1. The molecule has 21 heavy (non-hydrogen) atoms. The van der Waals surface area contributed by atoms with Gasteiger partial charge in [0.15, 0.2) is 0 Å². The Morgan fingerprint density at radius 2 is 2.10 bits per heavy atom. The van der Waals surface area contributed by atoms with Crippen LogP contribution in [0.4, 0.5) is 5.69 Å². The van der Waals surface area contributed by atoms with E-state index in [1.165, 1.54) is 0 Å². The van der Waals surface area contributed by atoms with Gasteiger partial charge in [-0.1, -0.05) is 41.1 Å². The summed E-state index contributed by atoms with van der Waals surface area (Å²) in [7, 11) is 0. The number of carbonyl (C=O) groups excluding carboxylic acids is 1. The summed E-state index contributed by atoms with van der Waals surface area (Å²) >= 11 is 3.47. The Hall–Kier alpha value is -1.88. The minimum Gasteiger partial charge on any atom is -0.385 e. The number of rotatable bonds is 6. The molecular weight excluding hydrogens is 330 g/mol. The van der Waals surface area contributed by atoms with Crippen molar-refractivity contribution in [2.45, 2.75) is 19.9 Å². The lowest BCUT2D eigenvalue weighted by Gasteiger charge is -2.08. The average molecular weight is 348 g/mol. The third-order valence-electron chi connectivity index (χ3n) is 2.97. The highest BCUT2D eigenvalue weighted by Gasteiger charge is 2.08. The molecule has 1 aromatic heterocycles. The molecule has 4 nitrogen and oxygen atoms in total. The highest BCUT2D eigenvalue weighted by molar-refractivity contribution is 9.10. The summed E-state index contributed by atoms with van der Waals surface area (Å²) in [4.78, 5) is 16.3. The first-order valence-electron chi connectivity index (χ1n) is 6.92. The first-order valence-corrected chi connectivity index (χ1v) is 7.71. The van der Waals surface area contributed by atoms with E-state index >= 15 is 0 Å². The van der Waals surface area contributed by atoms with Crippen LogP contribution in [-0.4, -0.2) is 17.4 Å². The Bertz CT molecular complexity index is 616. The summed E-state index contributed by atoms with van der Waals surface area (Å²) in [6, 6.07) is 11.4. The van der Waals surface area contributed by atoms with Crippen LogP contribution in [0, 0.1) is 0 Å². The summed E-state index contributed by atoms with van der Waals surface area (Å²) in [5.74, 6) is -0.175. The zero-order valence-corrected chi connectivity index (χ0v) is 13.5. The number of anilines is 1. The molecule has 0 fully saturated rings. The van der Waals surface area contributed by atoms with E-state index in [9.17, 15) is 4.79 Å². The molecule has 2 aromatic rings. The standard InChI is InChI=1S/C16H18BrN3O/c1-2-8-18-13-7-9-19-15(10-13)16(21)20-11-12-5-3-4-6-14(12)17/h3-7,9-10H,2,8,11H2,1H3,(H,18,19)(H,20,21). The Morgan fingerprint density at radius 3 is 2.86 bits per heavy atom. The number of amides is 1. The van der Waals surface area contributed by atoms with Crippen molar-refractivity contribution >= 4 is 27.5 Å². The van der Waals surface area contributed by atoms with Crippen LogP contribution in [0.1, 0.15) is 29.4 Å². The molecule has 1 amide bonds. The van der Waals surface area contributed by atoms with E-state index in [1.54, 1.807) is 12.3 Å². The highest BCUT2D eigenvalue weighted by atomic mass is 79.9. The molecule has 0 aliphatic carbocycles. The maximum Gasteiger partial charge on any atom is 0.270 e. The van der Waals surface area contributed by atoms with E-state index in [2.05, 4.69) is 38.5 Å². The Kier molecular flexibility index (Phi) is 5.75. The van der Waals surface area contributed by atoms with Crippen LogP contribution >= 0.6 is 15.9 Å². The fourth-order valence-corrected chi connectivity index (χ4v) is 2.27. The maximum absolute atomic E-state index is 12.1. The van der Waals surface area contributed by atoms with E-state index in [0.29, 0.717) is 12.2 Å². The van der Waals surface area contributed by atoms with Gasteiger partial charge in [0.05, 0.1) is 0 Å². The van der Waals surface area contributed by atoms with E-state index in [-0.39, 0.29) is 5.91 Å². The van der Waals surface area contributed by atoms with Crippen molar-refractivity contribution in [3.8, 4) is 0 Å². The van der Waals surface area contributed by atoms with E-state index in [0.717, 1.165) is 28.7 Å². The van der Waals surface area contributed by atoms with Crippen LogP contribution in [0.5, 0.6) is 0 Å². The summed E-state index contributed by atoms with van der Waals surface area (Å²) in [5, 5.41) is 6.13. The minimum atomic E-state index is -0.175. The Balaban J connectivity index is 1.98. The van der Waals surface area contributed by atoms with Gasteiger partial charge in [0.25, 0.3) is 5.91 Å². The number of halogens is 1. The minimum absolute atomic E-state index is 0.175. The lowest BCUT2D eigenvalue weighted by Crippen LogP contribution is -2.24. The molecule has 2 N–H and O–H groups in total. The summed E-state index contributed by atoms with van der Waals surface area (Å²) in [5.41, 5.74) is 2.37. The van der Waals surface area contributed by atoms with Gasteiger partial charge in [-0.05, 0) is 30.2 Å². The summed E-state index contributed by atoms with van der Waals surface area (Å²) in [6.07, 6.45) is 2.68. The van der Waals surface area contributed by atoms with Crippen molar-refractivity contribution in [2.75, 3.05) is 11.9 Å². The monoisotopic (exact) mass is 347 g/mol. The molecule has 1 heterocycles. The van der Waals surface area contributed by atoms with E-state index in [1.807, 2.05) is 30.3 Å². The third-order valence-corrected chi connectivity index (χ3v) is 3.74. The highest BCUT2D eigenvalue weighted by Crippen LogP contribution is 2.15. The quantitative estimate of drug-likeness (QED) is 0.839. The van der Waals surface area contributed by atoms with Crippen molar-refractivity contribution in [3.63, 3.8) is 0 Å². The van der Waals surface area contributed by atoms with Gasteiger partial charge < -0.3 is 10.6 Å². The fraction of sp³-hybridized carbons (Fsp3) is 0.250. The molecule has 2 rings (SSSR count). The van der Waals surface area contributed by atoms with Gasteiger partial charge >= 0.3 is 0 Å². The second kappa shape index (κ2) is 7.78. The largest absolute Gasteiger partial charge is 0.385 e. The first-order chi connectivity index (χ1) is 10.2. The number of pyridine rings is 1. The van der Waals surface area contributed by atoms with Crippen molar-refractivity contribution < 1.29 is 4.79 Å². The Morgan fingerprint density at radius 1 is 1.29 bits per heavy atom. The van der Waals surface area contributed by atoms with Gasteiger partial charge in [0, 0.05) is 29.4 Å². The predicted octanol–water partition coefficient (Wildman–Crippen LogP) is 3.60. The molecule has 5 heteroatoms. The molecular formula is C16H18BrN3O. The maximum atomic E-state index is 12.1. The first kappa shape index (κ1) is 15.5. The zero-order valence-electron chi connectivity index (χ0n) is 11.9. The van der Waals surface area contributed by atoms with E-state index < -0.39 is 0 Å². The van der Waals surface area contributed by atoms with Gasteiger partial charge in [0.2, 0.25) is 0 Å². The Labute approximate surface area is 133 Å². The van der Waals surface area contributed by atoms with Crippen molar-refractivity contribution in [1.82, 2.24) is 10.3 Å². The smallest absolute Gasteiger partial charge is 0.270 e. The van der Waals surface area contributed by atoms with Crippen LogP contribution in [-0.2, 0) is 6.54 Å². The number of benzene rings is 1. The predicted molar refractivity (Wildman–Crippen MR) is 88.3 cm³/mol. The van der Waals surface area contributed by atoms with Crippen LogP contribution < -0.4 is 10.6 Å². The number of hydrogen-bond acceptors (Lipinski definition) is 3. The molecule has 0 radical (unpaired) electrons. The number of hydrogen-bond donors (Lipinski definition) is 2. The molecule has 0 aliphatic rings.